The number of ether oxygens (including phenoxy) is 2. The van der Waals surface area contributed by atoms with Crippen LogP contribution >= 0.6 is 11.6 Å². The fourth-order valence-electron chi connectivity index (χ4n) is 1.48. The molecule has 0 aromatic heterocycles. The molecule has 8 heteroatoms. The minimum absolute atomic E-state index is 0.163. The predicted octanol–water partition coefficient (Wildman–Crippen LogP) is 1.27. The molecule has 0 radical (unpaired) electrons. The fraction of sp³-hybridized carbons (Fsp3) is 0.308. The van der Waals surface area contributed by atoms with Gasteiger partial charge in [0.2, 0.25) is 0 Å². The van der Waals surface area contributed by atoms with Gasteiger partial charge >= 0.3 is 11.9 Å². The fourth-order valence-corrected chi connectivity index (χ4v) is 1.69. The van der Waals surface area contributed by atoms with E-state index in [2.05, 4.69) is 9.47 Å². The van der Waals surface area contributed by atoms with Crippen molar-refractivity contribution in [2.45, 2.75) is 0 Å². The second kappa shape index (κ2) is 7.58. The second-order valence-corrected chi connectivity index (χ2v) is 4.29. The van der Waals surface area contributed by atoms with Gasteiger partial charge in [-0.05, 0) is 12.1 Å². The van der Waals surface area contributed by atoms with E-state index in [0.717, 1.165) is 25.2 Å². The lowest BCUT2D eigenvalue weighted by molar-refractivity contribution is -0.144. The molecule has 114 valence electrons. The van der Waals surface area contributed by atoms with Crippen LogP contribution in [0.3, 0.4) is 0 Å². The van der Waals surface area contributed by atoms with Crippen LogP contribution in [0.4, 0.5) is 4.39 Å². The van der Waals surface area contributed by atoms with E-state index in [0.29, 0.717) is 0 Å². The molecular weight excluding hydrogens is 305 g/mol. The van der Waals surface area contributed by atoms with Crippen molar-refractivity contribution in [2.75, 3.05) is 27.3 Å². The molecule has 6 nitrogen and oxygen atoms in total. The highest BCUT2D eigenvalue weighted by Gasteiger charge is 2.24. The van der Waals surface area contributed by atoms with Gasteiger partial charge in [0.1, 0.15) is 18.9 Å². The van der Waals surface area contributed by atoms with Crippen molar-refractivity contribution in [1.29, 1.82) is 0 Å². The van der Waals surface area contributed by atoms with Crippen LogP contribution in [0.15, 0.2) is 18.2 Å². The van der Waals surface area contributed by atoms with Gasteiger partial charge in [-0.15, -0.1) is 0 Å². The van der Waals surface area contributed by atoms with E-state index >= 15 is 0 Å². The van der Waals surface area contributed by atoms with E-state index in [1.54, 1.807) is 0 Å². The summed E-state index contributed by atoms with van der Waals surface area (Å²) < 4.78 is 22.3. The normalized spacial score (nSPS) is 9.90. The first-order valence-electron chi connectivity index (χ1n) is 5.77. The van der Waals surface area contributed by atoms with Gasteiger partial charge in [0, 0.05) is 0 Å². The van der Waals surface area contributed by atoms with Crippen molar-refractivity contribution < 1.29 is 28.2 Å². The van der Waals surface area contributed by atoms with E-state index in [-0.39, 0.29) is 10.6 Å². The number of amides is 1. The maximum Gasteiger partial charge on any atom is 0.325 e. The molecular formula is C13H13ClFNO5. The lowest BCUT2D eigenvalue weighted by atomic mass is 10.2. The standard InChI is InChI=1S/C13H13ClFNO5/c1-20-10(17)6-16(7-11(18)21-2)13(19)8-4-3-5-9(15)12(8)14/h3-5H,6-7H2,1-2H3. The maximum atomic E-state index is 13.4. The number of hydrogen-bond donors (Lipinski definition) is 0. The first-order valence-corrected chi connectivity index (χ1v) is 6.15. The molecule has 0 aliphatic rings. The zero-order valence-corrected chi connectivity index (χ0v) is 12.1. The Morgan fingerprint density at radius 2 is 1.67 bits per heavy atom. The highest BCUT2D eigenvalue weighted by Crippen LogP contribution is 2.21. The number of carbonyl (C=O) groups is 3. The van der Waals surface area contributed by atoms with Gasteiger partial charge < -0.3 is 14.4 Å². The van der Waals surface area contributed by atoms with Crippen LogP contribution in [-0.2, 0) is 19.1 Å². The summed E-state index contributed by atoms with van der Waals surface area (Å²) in [5.74, 6) is -3.03. The van der Waals surface area contributed by atoms with E-state index in [9.17, 15) is 18.8 Å². The van der Waals surface area contributed by atoms with E-state index in [1.807, 2.05) is 0 Å². The van der Waals surface area contributed by atoms with Crippen LogP contribution in [-0.4, -0.2) is 50.1 Å². The molecule has 0 bridgehead atoms. The Hall–Kier alpha value is -2.15. The zero-order valence-electron chi connectivity index (χ0n) is 11.4. The summed E-state index contributed by atoms with van der Waals surface area (Å²) in [5, 5.41) is -0.387. The summed E-state index contributed by atoms with van der Waals surface area (Å²) in [5.41, 5.74) is -0.163. The average Bonchev–Trinajstić information content (AvgIpc) is 2.48. The Morgan fingerprint density at radius 3 is 2.14 bits per heavy atom. The number of esters is 2. The number of benzene rings is 1. The molecule has 0 heterocycles. The van der Waals surface area contributed by atoms with Crippen LogP contribution in [0.1, 0.15) is 10.4 Å². The molecule has 0 N–H and O–H groups in total. The van der Waals surface area contributed by atoms with Gasteiger partial charge in [0.05, 0.1) is 24.8 Å². The Kier molecular flexibility index (Phi) is 6.10. The zero-order chi connectivity index (χ0) is 16.0. The van der Waals surface area contributed by atoms with Gasteiger partial charge in [0.25, 0.3) is 5.91 Å². The molecule has 21 heavy (non-hydrogen) atoms. The number of rotatable bonds is 5. The average molecular weight is 318 g/mol. The van der Waals surface area contributed by atoms with Crippen molar-refractivity contribution >= 4 is 29.4 Å². The summed E-state index contributed by atoms with van der Waals surface area (Å²) in [4.78, 5) is 35.7. The molecule has 0 spiro atoms. The molecule has 1 aromatic rings. The highest BCUT2D eigenvalue weighted by molar-refractivity contribution is 6.34. The summed E-state index contributed by atoms with van der Waals surface area (Å²) in [7, 11) is 2.27. The lowest BCUT2D eigenvalue weighted by Crippen LogP contribution is -2.40. The largest absolute Gasteiger partial charge is 0.468 e. The first kappa shape index (κ1) is 16.9. The van der Waals surface area contributed by atoms with Crippen LogP contribution in [0.2, 0.25) is 5.02 Å². The van der Waals surface area contributed by atoms with Crippen molar-refractivity contribution in [3.8, 4) is 0 Å². The van der Waals surface area contributed by atoms with Crippen LogP contribution in [0.5, 0.6) is 0 Å². The van der Waals surface area contributed by atoms with Gasteiger partial charge in [-0.3, -0.25) is 14.4 Å². The molecule has 0 aliphatic carbocycles. The van der Waals surface area contributed by atoms with E-state index in [4.69, 9.17) is 11.6 Å². The Labute approximate surface area is 125 Å². The quantitative estimate of drug-likeness (QED) is 0.765. The molecule has 0 fully saturated rings. The van der Waals surface area contributed by atoms with Crippen LogP contribution < -0.4 is 0 Å². The van der Waals surface area contributed by atoms with Crippen molar-refractivity contribution in [1.82, 2.24) is 4.90 Å². The molecule has 0 saturated heterocycles. The number of hydrogen-bond acceptors (Lipinski definition) is 5. The minimum atomic E-state index is -0.782. The predicted molar refractivity (Wildman–Crippen MR) is 71.3 cm³/mol. The van der Waals surface area contributed by atoms with E-state index in [1.165, 1.54) is 12.1 Å². The second-order valence-electron chi connectivity index (χ2n) is 3.91. The summed E-state index contributed by atoms with van der Waals surface area (Å²) in [6.45, 7) is -0.978. The minimum Gasteiger partial charge on any atom is -0.468 e. The third-order valence-corrected chi connectivity index (χ3v) is 2.95. The number of nitrogens with zero attached hydrogens (tertiary/aromatic N) is 1. The molecule has 0 aliphatic heterocycles. The maximum absolute atomic E-state index is 13.4. The Bertz CT molecular complexity index is 545. The molecule has 1 amide bonds. The smallest absolute Gasteiger partial charge is 0.325 e. The first-order chi connectivity index (χ1) is 9.90. The lowest BCUT2D eigenvalue weighted by Gasteiger charge is -2.20. The monoisotopic (exact) mass is 317 g/mol. The molecule has 1 rings (SSSR count). The van der Waals surface area contributed by atoms with Crippen molar-refractivity contribution in [3.63, 3.8) is 0 Å². The Morgan fingerprint density at radius 1 is 1.14 bits per heavy atom. The van der Waals surface area contributed by atoms with Crippen molar-refractivity contribution in [2.24, 2.45) is 0 Å². The topological polar surface area (TPSA) is 72.9 Å². The number of methoxy groups -OCH3 is 2. The highest BCUT2D eigenvalue weighted by atomic mass is 35.5. The molecule has 0 atom stereocenters. The van der Waals surface area contributed by atoms with Gasteiger partial charge in [-0.1, -0.05) is 17.7 Å². The molecule has 0 unspecified atom stereocenters. The summed E-state index contributed by atoms with van der Waals surface area (Å²) in [6, 6.07) is 3.67. The Balaban J connectivity index is 3.06. The third-order valence-electron chi connectivity index (χ3n) is 2.56. The van der Waals surface area contributed by atoms with E-state index < -0.39 is 36.8 Å². The molecule has 0 saturated carbocycles. The van der Waals surface area contributed by atoms with Gasteiger partial charge in [-0.2, -0.15) is 0 Å². The summed E-state index contributed by atoms with van der Waals surface area (Å²) in [6.07, 6.45) is 0. The van der Waals surface area contributed by atoms with Gasteiger partial charge in [-0.25, -0.2) is 4.39 Å². The number of halogens is 2. The van der Waals surface area contributed by atoms with Crippen LogP contribution in [0, 0.1) is 5.82 Å². The summed E-state index contributed by atoms with van der Waals surface area (Å²) >= 11 is 5.72. The SMILES string of the molecule is COC(=O)CN(CC(=O)OC)C(=O)c1cccc(F)c1Cl. The van der Waals surface area contributed by atoms with Crippen LogP contribution in [0.25, 0.3) is 0 Å². The van der Waals surface area contributed by atoms with Gasteiger partial charge in [0.15, 0.2) is 0 Å². The third kappa shape index (κ3) is 4.42. The molecule has 1 aromatic carbocycles. The van der Waals surface area contributed by atoms with Crippen molar-refractivity contribution in [3.05, 3.63) is 34.6 Å². The number of carbonyl (C=O) groups excluding carboxylic acids is 3.